The summed E-state index contributed by atoms with van der Waals surface area (Å²) in [5.41, 5.74) is 8.15. The highest BCUT2D eigenvalue weighted by atomic mass is 32.1. The molecule has 3 heteroatoms. The van der Waals surface area contributed by atoms with Gasteiger partial charge in [0.1, 0.15) is 0 Å². The van der Waals surface area contributed by atoms with Gasteiger partial charge in [0, 0.05) is 18.8 Å². The Morgan fingerprint density at radius 3 is 2.86 bits per heavy atom. The van der Waals surface area contributed by atoms with E-state index in [1.165, 1.54) is 16.3 Å². The van der Waals surface area contributed by atoms with Crippen LogP contribution in [0.3, 0.4) is 0 Å². The van der Waals surface area contributed by atoms with Crippen LogP contribution in [0.25, 0.3) is 10.6 Å². The number of rotatable bonds is 3. The minimum Gasteiger partial charge on any atom is -0.343 e. The first kappa shape index (κ1) is 9.49. The Kier molecular flexibility index (Phi) is 2.70. The van der Waals surface area contributed by atoms with Crippen molar-refractivity contribution in [3.05, 3.63) is 35.3 Å². The van der Waals surface area contributed by atoms with Crippen molar-refractivity contribution in [3.8, 4) is 10.6 Å². The van der Waals surface area contributed by atoms with E-state index in [1.807, 2.05) is 0 Å². The topological polar surface area (TPSA) is 30.9 Å². The first-order valence-corrected chi connectivity index (χ1v) is 5.61. The molecule has 2 aromatic rings. The predicted octanol–water partition coefficient (Wildman–Crippen LogP) is 2.48. The molecule has 0 atom stereocenters. The Balaban J connectivity index is 2.43. The third-order valence-corrected chi connectivity index (χ3v) is 3.22. The molecule has 0 aliphatic carbocycles. The van der Waals surface area contributed by atoms with Gasteiger partial charge >= 0.3 is 0 Å². The van der Waals surface area contributed by atoms with Gasteiger partial charge in [-0.25, -0.2) is 0 Å². The first-order chi connectivity index (χ1) is 6.83. The Morgan fingerprint density at radius 1 is 1.36 bits per heavy atom. The zero-order chi connectivity index (χ0) is 9.97. The van der Waals surface area contributed by atoms with E-state index in [9.17, 15) is 0 Å². The van der Waals surface area contributed by atoms with Crippen LogP contribution in [0.5, 0.6) is 0 Å². The molecular formula is C11H14N2S. The molecule has 0 aromatic carbocycles. The number of aryl methyl sites for hydroxylation is 1. The summed E-state index contributed by atoms with van der Waals surface area (Å²) >= 11 is 1.77. The van der Waals surface area contributed by atoms with Gasteiger partial charge in [-0.05, 0) is 30.5 Å². The number of nitrogens with zero attached hydrogens (tertiary/aromatic N) is 1. The van der Waals surface area contributed by atoms with E-state index < -0.39 is 0 Å². The van der Waals surface area contributed by atoms with Crippen molar-refractivity contribution in [1.29, 1.82) is 0 Å². The van der Waals surface area contributed by atoms with Crippen LogP contribution in [0.15, 0.2) is 29.6 Å². The smallest absolute Gasteiger partial charge is 0.0584 e. The normalized spacial score (nSPS) is 10.7. The van der Waals surface area contributed by atoms with Crippen molar-refractivity contribution >= 4 is 11.3 Å². The molecule has 0 fully saturated rings. The molecule has 2 rings (SSSR count). The van der Waals surface area contributed by atoms with E-state index >= 15 is 0 Å². The fourth-order valence-electron chi connectivity index (χ4n) is 1.63. The number of thiophene rings is 1. The van der Waals surface area contributed by atoms with Gasteiger partial charge in [0.25, 0.3) is 0 Å². The van der Waals surface area contributed by atoms with E-state index in [0.717, 1.165) is 6.54 Å². The summed E-state index contributed by atoms with van der Waals surface area (Å²) in [4.78, 5) is 1.31. The van der Waals surface area contributed by atoms with E-state index in [4.69, 9.17) is 5.73 Å². The summed E-state index contributed by atoms with van der Waals surface area (Å²) < 4.78 is 2.27. The maximum absolute atomic E-state index is 5.59. The van der Waals surface area contributed by atoms with Crippen molar-refractivity contribution in [2.45, 2.75) is 13.5 Å². The number of nitrogens with two attached hydrogens (primary N) is 1. The molecule has 2 nitrogen and oxygen atoms in total. The molecule has 74 valence electrons. The lowest BCUT2D eigenvalue weighted by atomic mass is 10.3. The molecule has 0 aliphatic rings. The second-order valence-electron chi connectivity index (χ2n) is 3.28. The van der Waals surface area contributed by atoms with Crippen LogP contribution in [-0.2, 0) is 6.54 Å². The standard InChI is InChI=1S/C11H14N2S/c1-9-4-5-10(13(9)7-6-12)11-3-2-8-14-11/h2-5,8H,6-7,12H2,1H3. The van der Waals surface area contributed by atoms with E-state index in [0.29, 0.717) is 6.54 Å². The molecule has 0 unspecified atom stereocenters. The monoisotopic (exact) mass is 206 g/mol. The second kappa shape index (κ2) is 3.98. The minimum absolute atomic E-state index is 0.688. The number of hydrogen-bond acceptors (Lipinski definition) is 2. The minimum atomic E-state index is 0.688. The molecule has 2 heterocycles. The van der Waals surface area contributed by atoms with Crippen LogP contribution in [-0.4, -0.2) is 11.1 Å². The van der Waals surface area contributed by atoms with Crippen LogP contribution in [0.4, 0.5) is 0 Å². The highest BCUT2D eigenvalue weighted by Gasteiger charge is 2.06. The molecule has 14 heavy (non-hydrogen) atoms. The predicted molar refractivity (Wildman–Crippen MR) is 61.5 cm³/mol. The van der Waals surface area contributed by atoms with E-state index in [1.54, 1.807) is 11.3 Å². The molecule has 0 amide bonds. The maximum Gasteiger partial charge on any atom is 0.0584 e. The molecule has 0 radical (unpaired) electrons. The summed E-state index contributed by atoms with van der Waals surface area (Å²) in [6.07, 6.45) is 0. The summed E-state index contributed by atoms with van der Waals surface area (Å²) in [6.45, 7) is 3.70. The van der Waals surface area contributed by atoms with Crippen LogP contribution in [0.1, 0.15) is 5.69 Å². The third kappa shape index (κ3) is 1.61. The van der Waals surface area contributed by atoms with Gasteiger partial charge in [-0.2, -0.15) is 0 Å². The molecule has 0 spiro atoms. The van der Waals surface area contributed by atoms with Gasteiger partial charge in [-0.15, -0.1) is 11.3 Å². The van der Waals surface area contributed by atoms with Crippen LogP contribution >= 0.6 is 11.3 Å². The zero-order valence-corrected chi connectivity index (χ0v) is 9.05. The van der Waals surface area contributed by atoms with Crippen LogP contribution in [0.2, 0.25) is 0 Å². The molecular weight excluding hydrogens is 192 g/mol. The highest BCUT2D eigenvalue weighted by Crippen LogP contribution is 2.26. The Labute approximate surface area is 88.0 Å². The summed E-state index contributed by atoms with van der Waals surface area (Å²) in [5, 5.41) is 2.10. The van der Waals surface area contributed by atoms with Gasteiger partial charge in [0.15, 0.2) is 0 Å². The van der Waals surface area contributed by atoms with Crippen molar-refractivity contribution in [2.24, 2.45) is 5.73 Å². The average molecular weight is 206 g/mol. The number of aromatic nitrogens is 1. The summed E-state index contributed by atoms with van der Waals surface area (Å²) in [5.74, 6) is 0. The van der Waals surface area contributed by atoms with E-state index in [-0.39, 0.29) is 0 Å². The molecule has 0 saturated heterocycles. The Bertz CT molecular complexity index is 401. The maximum atomic E-state index is 5.59. The van der Waals surface area contributed by atoms with Crippen LogP contribution in [0, 0.1) is 6.92 Å². The first-order valence-electron chi connectivity index (χ1n) is 4.73. The lowest BCUT2D eigenvalue weighted by Crippen LogP contribution is -2.11. The second-order valence-corrected chi connectivity index (χ2v) is 4.23. The van der Waals surface area contributed by atoms with Crippen LogP contribution < -0.4 is 5.73 Å². The highest BCUT2D eigenvalue weighted by molar-refractivity contribution is 7.13. The summed E-state index contributed by atoms with van der Waals surface area (Å²) in [6, 6.07) is 8.53. The Hall–Kier alpha value is -1.06. The average Bonchev–Trinajstić information content (AvgIpc) is 2.77. The van der Waals surface area contributed by atoms with Crippen molar-refractivity contribution in [3.63, 3.8) is 0 Å². The molecule has 0 aliphatic heterocycles. The molecule has 2 aromatic heterocycles. The van der Waals surface area contributed by atoms with Crippen molar-refractivity contribution in [1.82, 2.24) is 4.57 Å². The molecule has 0 bridgehead atoms. The largest absolute Gasteiger partial charge is 0.343 e. The van der Waals surface area contributed by atoms with Crippen molar-refractivity contribution < 1.29 is 0 Å². The fraction of sp³-hybridized carbons (Fsp3) is 0.273. The SMILES string of the molecule is Cc1ccc(-c2cccs2)n1CCN. The Morgan fingerprint density at radius 2 is 2.21 bits per heavy atom. The quantitative estimate of drug-likeness (QED) is 0.821. The van der Waals surface area contributed by atoms with Gasteiger partial charge in [-0.3, -0.25) is 0 Å². The van der Waals surface area contributed by atoms with Gasteiger partial charge in [0.2, 0.25) is 0 Å². The number of hydrogen-bond donors (Lipinski definition) is 1. The third-order valence-electron chi connectivity index (χ3n) is 2.33. The van der Waals surface area contributed by atoms with Gasteiger partial charge in [0.05, 0.1) is 10.6 Å². The fourth-order valence-corrected chi connectivity index (χ4v) is 2.39. The van der Waals surface area contributed by atoms with E-state index in [2.05, 4.69) is 41.1 Å². The lowest BCUT2D eigenvalue weighted by Gasteiger charge is -2.08. The van der Waals surface area contributed by atoms with Gasteiger partial charge in [-0.1, -0.05) is 6.07 Å². The summed E-state index contributed by atoms with van der Waals surface area (Å²) in [7, 11) is 0. The zero-order valence-electron chi connectivity index (χ0n) is 8.23. The van der Waals surface area contributed by atoms with Gasteiger partial charge < -0.3 is 10.3 Å². The lowest BCUT2D eigenvalue weighted by molar-refractivity contribution is 0.701. The molecule has 0 saturated carbocycles. The van der Waals surface area contributed by atoms with Crippen molar-refractivity contribution in [2.75, 3.05) is 6.54 Å². The molecule has 2 N–H and O–H groups in total.